The van der Waals surface area contributed by atoms with Crippen LogP contribution in [0.1, 0.15) is 21.6 Å². The monoisotopic (exact) mass is 462 g/mol. The third-order valence-corrected chi connectivity index (χ3v) is 5.55. The molecule has 0 fully saturated rings. The summed E-state index contributed by atoms with van der Waals surface area (Å²) in [6.07, 6.45) is 2.26. The number of fused-ring (bicyclic) bond motifs is 1. The lowest BCUT2D eigenvalue weighted by molar-refractivity contribution is 0.0957. The molecule has 3 aromatic rings. The van der Waals surface area contributed by atoms with Crippen molar-refractivity contribution in [3.05, 3.63) is 71.5 Å². The van der Waals surface area contributed by atoms with Crippen molar-refractivity contribution < 1.29 is 23.8 Å². The summed E-state index contributed by atoms with van der Waals surface area (Å²) in [5, 5.41) is 5.46. The van der Waals surface area contributed by atoms with Crippen LogP contribution in [0.25, 0.3) is 0 Å². The normalized spacial score (nSPS) is 12.4. The first-order valence-electron chi connectivity index (χ1n) is 10.8. The molecular weight excluding hydrogens is 436 g/mol. The highest BCUT2D eigenvalue weighted by Crippen LogP contribution is 2.31. The molecule has 9 heteroatoms. The molecule has 4 rings (SSSR count). The van der Waals surface area contributed by atoms with Crippen molar-refractivity contribution in [2.24, 2.45) is 0 Å². The van der Waals surface area contributed by atoms with Crippen molar-refractivity contribution in [3.8, 4) is 23.0 Å². The van der Waals surface area contributed by atoms with Crippen molar-refractivity contribution in [2.45, 2.75) is 13.0 Å². The molecular formula is C25H26N4O5. The maximum atomic E-state index is 13.0. The number of aromatic nitrogens is 1. The van der Waals surface area contributed by atoms with E-state index in [-0.39, 0.29) is 17.6 Å². The van der Waals surface area contributed by atoms with E-state index < -0.39 is 0 Å². The lowest BCUT2D eigenvalue weighted by Gasteiger charge is -2.29. The van der Waals surface area contributed by atoms with E-state index in [0.717, 1.165) is 17.5 Å². The molecule has 176 valence electrons. The van der Waals surface area contributed by atoms with Gasteiger partial charge in [0.15, 0.2) is 0 Å². The molecule has 1 aliphatic rings. The van der Waals surface area contributed by atoms with E-state index in [9.17, 15) is 9.59 Å². The number of nitrogens with one attached hydrogen (secondary N) is 2. The van der Waals surface area contributed by atoms with E-state index in [4.69, 9.17) is 14.2 Å². The van der Waals surface area contributed by atoms with Gasteiger partial charge in [-0.15, -0.1) is 0 Å². The van der Waals surface area contributed by atoms with Crippen LogP contribution >= 0.6 is 0 Å². The fourth-order valence-corrected chi connectivity index (χ4v) is 3.74. The molecule has 0 saturated heterocycles. The number of urea groups is 1. The van der Waals surface area contributed by atoms with Crippen molar-refractivity contribution >= 4 is 17.6 Å². The van der Waals surface area contributed by atoms with E-state index in [2.05, 4.69) is 15.6 Å². The van der Waals surface area contributed by atoms with Crippen LogP contribution in [-0.2, 0) is 13.0 Å². The first-order valence-corrected chi connectivity index (χ1v) is 10.8. The summed E-state index contributed by atoms with van der Waals surface area (Å²) < 4.78 is 16.6. The van der Waals surface area contributed by atoms with Crippen LogP contribution in [-0.4, -0.2) is 49.6 Å². The number of hydrogen-bond donors (Lipinski definition) is 2. The zero-order valence-electron chi connectivity index (χ0n) is 19.3. The van der Waals surface area contributed by atoms with Crippen molar-refractivity contribution in [1.29, 1.82) is 0 Å². The number of carbonyl (C=O) groups is 2. The van der Waals surface area contributed by atoms with Crippen LogP contribution in [0.5, 0.6) is 23.0 Å². The molecule has 2 N–H and O–H groups in total. The molecule has 0 unspecified atom stereocenters. The van der Waals surface area contributed by atoms with Crippen LogP contribution in [0.2, 0.25) is 0 Å². The number of pyridine rings is 1. The lowest BCUT2D eigenvalue weighted by Crippen LogP contribution is -2.38. The second-order valence-electron chi connectivity index (χ2n) is 7.66. The zero-order chi connectivity index (χ0) is 24.1. The van der Waals surface area contributed by atoms with Gasteiger partial charge in [0.05, 0.1) is 19.9 Å². The predicted molar refractivity (Wildman–Crippen MR) is 127 cm³/mol. The molecule has 0 radical (unpaired) electrons. The Morgan fingerprint density at radius 2 is 1.74 bits per heavy atom. The molecule has 2 heterocycles. The maximum absolute atomic E-state index is 13.0. The summed E-state index contributed by atoms with van der Waals surface area (Å²) in [4.78, 5) is 30.6. The average Bonchev–Trinajstić information content (AvgIpc) is 2.87. The summed E-state index contributed by atoms with van der Waals surface area (Å²) in [5.41, 5.74) is 2.97. The summed E-state index contributed by atoms with van der Waals surface area (Å²) in [5.74, 6) is 2.01. The molecule has 2 aromatic carbocycles. The minimum Gasteiger partial charge on any atom is -0.497 e. The van der Waals surface area contributed by atoms with E-state index >= 15 is 0 Å². The van der Waals surface area contributed by atoms with E-state index in [1.807, 2.05) is 18.2 Å². The number of benzene rings is 2. The van der Waals surface area contributed by atoms with Gasteiger partial charge in [0.25, 0.3) is 5.91 Å². The van der Waals surface area contributed by atoms with Gasteiger partial charge in [0, 0.05) is 38.5 Å². The van der Waals surface area contributed by atoms with E-state index in [1.165, 1.54) is 6.20 Å². The van der Waals surface area contributed by atoms with Gasteiger partial charge in [0.2, 0.25) is 0 Å². The summed E-state index contributed by atoms with van der Waals surface area (Å²) in [6, 6.07) is 14.1. The molecule has 0 atom stereocenters. The molecule has 0 bridgehead atoms. The van der Waals surface area contributed by atoms with Crippen LogP contribution in [0.4, 0.5) is 10.5 Å². The van der Waals surface area contributed by atoms with Gasteiger partial charge in [-0.1, -0.05) is 6.07 Å². The quantitative estimate of drug-likeness (QED) is 0.577. The average molecular weight is 463 g/mol. The minimum absolute atomic E-state index is 0.229. The Balaban J connectivity index is 1.48. The molecule has 0 saturated carbocycles. The molecule has 34 heavy (non-hydrogen) atoms. The molecule has 3 amide bonds. The second kappa shape index (κ2) is 10.1. The SMILES string of the molecule is CNC(=O)c1cc(Oc2ccc3c(c2)CN(C(=O)Nc2cc(OC)ccc2OC)CC3)ccn1. The topological polar surface area (TPSA) is 102 Å². The highest BCUT2D eigenvalue weighted by molar-refractivity contribution is 5.92. The lowest BCUT2D eigenvalue weighted by atomic mass is 10.00. The molecule has 1 aromatic heterocycles. The van der Waals surface area contributed by atoms with E-state index in [1.54, 1.807) is 56.5 Å². The smallest absolute Gasteiger partial charge is 0.322 e. The van der Waals surface area contributed by atoms with Gasteiger partial charge < -0.3 is 29.7 Å². The number of methoxy groups -OCH3 is 2. The number of rotatable bonds is 6. The molecule has 0 spiro atoms. The largest absolute Gasteiger partial charge is 0.497 e. The van der Waals surface area contributed by atoms with Crippen LogP contribution in [0.15, 0.2) is 54.7 Å². The van der Waals surface area contributed by atoms with Crippen molar-refractivity contribution in [2.75, 3.05) is 33.1 Å². The Bertz CT molecular complexity index is 1210. The Labute approximate surface area is 197 Å². The summed E-state index contributed by atoms with van der Waals surface area (Å²) >= 11 is 0. The predicted octanol–water partition coefficient (Wildman–Crippen LogP) is 3.84. The van der Waals surface area contributed by atoms with Gasteiger partial charge in [-0.25, -0.2) is 4.79 Å². The fraction of sp³-hybridized carbons (Fsp3) is 0.240. The molecule has 0 aliphatic carbocycles. The standard InChI is InChI=1S/C25H26N4O5/c1-26-24(30)22-14-20(8-10-27-22)34-19-5-4-16-9-11-29(15-17(16)12-19)25(31)28-21-13-18(32-2)6-7-23(21)33-3/h4-8,10,12-14H,9,11,15H2,1-3H3,(H,26,30)(H,28,31). The minimum atomic E-state index is -0.287. The molecule has 1 aliphatic heterocycles. The van der Waals surface area contributed by atoms with Crippen molar-refractivity contribution in [1.82, 2.24) is 15.2 Å². The third-order valence-electron chi connectivity index (χ3n) is 5.55. The highest BCUT2D eigenvalue weighted by atomic mass is 16.5. The fourth-order valence-electron chi connectivity index (χ4n) is 3.74. The number of anilines is 1. The first-order chi connectivity index (χ1) is 16.5. The van der Waals surface area contributed by atoms with Crippen molar-refractivity contribution in [3.63, 3.8) is 0 Å². The van der Waals surface area contributed by atoms with Crippen LogP contribution in [0, 0.1) is 0 Å². The number of carbonyl (C=O) groups excluding carboxylic acids is 2. The van der Waals surface area contributed by atoms with Gasteiger partial charge in [0.1, 0.15) is 28.7 Å². The van der Waals surface area contributed by atoms with Crippen LogP contribution < -0.4 is 24.8 Å². The highest BCUT2D eigenvalue weighted by Gasteiger charge is 2.22. The second-order valence-corrected chi connectivity index (χ2v) is 7.66. The number of hydrogen-bond acceptors (Lipinski definition) is 6. The van der Waals surface area contributed by atoms with Gasteiger partial charge in [-0.05, 0) is 47.9 Å². The van der Waals surface area contributed by atoms with Gasteiger partial charge in [-0.2, -0.15) is 0 Å². The van der Waals surface area contributed by atoms with E-state index in [0.29, 0.717) is 41.8 Å². The Hall–Kier alpha value is -4.27. The maximum Gasteiger partial charge on any atom is 0.322 e. The number of amides is 3. The third kappa shape index (κ3) is 5.03. The summed E-state index contributed by atoms with van der Waals surface area (Å²) in [7, 11) is 4.67. The Morgan fingerprint density at radius 3 is 2.50 bits per heavy atom. The number of ether oxygens (including phenoxy) is 3. The van der Waals surface area contributed by atoms with Gasteiger partial charge >= 0.3 is 6.03 Å². The number of nitrogens with zero attached hydrogens (tertiary/aromatic N) is 2. The van der Waals surface area contributed by atoms with Gasteiger partial charge in [-0.3, -0.25) is 9.78 Å². The Morgan fingerprint density at radius 1 is 0.941 bits per heavy atom. The zero-order valence-corrected chi connectivity index (χ0v) is 19.3. The first kappa shape index (κ1) is 22.9. The van der Waals surface area contributed by atoms with Crippen LogP contribution in [0.3, 0.4) is 0 Å². The molecule has 9 nitrogen and oxygen atoms in total. The summed E-state index contributed by atoms with van der Waals surface area (Å²) in [6.45, 7) is 1.02. The Kier molecular flexibility index (Phi) is 6.82.